The molecule has 1 aromatic rings. The van der Waals surface area contributed by atoms with E-state index in [4.69, 9.17) is 0 Å². The number of hydrogen-bond acceptors (Lipinski definition) is 2. The van der Waals surface area contributed by atoms with Crippen LogP contribution in [0.3, 0.4) is 0 Å². The smallest absolute Gasteiger partial charge is 0.221 e. The lowest BCUT2D eigenvalue weighted by Gasteiger charge is -2.09. The van der Waals surface area contributed by atoms with Gasteiger partial charge >= 0.3 is 0 Å². The first kappa shape index (κ1) is 15.5. The number of carbonyl (C=O) groups excluding carboxylic acids is 1. The van der Waals surface area contributed by atoms with Crippen LogP contribution in [0, 0.1) is 13.8 Å². The molecule has 2 N–H and O–H groups in total. The molecule has 106 valence electrons. The van der Waals surface area contributed by atoms with E-state index in [1.165, 1.54) is 24.0 Å². The molecular formula is C16H26N2O. The van der Waals surface area contributed by atoms with E-state index in [-0.39, 0.29) is 5.91 Å². The van der Waals surface area contributed by atoms with Crippen LogP contribution in [0.5, 0.6) is 0 Å². The molecule has 0 atom stereocenters. The Balaban J connectivity index is 2.20. The van der Waals surface area contributed by atoms with Gasteiger partial charge in [-0.15, -0.1) is 0 Å². The monoisotopic (exact) mass is 262 g/mol. The molecule has 0 bridgehead atoms. The maximum absolute atomic E-state index is 11.6. The van der Waals surface area contributed by atoms with Gasteiger partial charge in [-0.2, -0.15) is 0 Å². The summed E-state index contributed by atoms with van der Waals surface area (Å²) in [5, 5.41) is 6.25. The van der Waals surface area contributed by atoms with Gasteiger partial charge in [0.15, 0.2) is 0 Å². The highest BCUT2D eigenvalue weighted by atomic mass is 16.1. The van der Waals surface area contributed by atoms with Crippen LogP contribution >= 0.6 is 0 Å². The number of aryl methyl sites for hydroxylation is 2. The van der Waals surface area contributed by atoms with Crippen molar-refractivity contribution in [3.05, 3.63) is 29.3 Å². The summed E-state index contributed by atoms with van der Waals surface area (Å²) in [6.45, 7) is 7.81. The first-order valence-corrected chi connectivity index (χ1v) is 7.20. The van der Waals surface area contributed by atoms with Crippen molar-refractivity contribution in [1.82, 2.24) is 5.32 Å². The molecule has 0 aromatic heterocycles. The molecule has 0 heterocycles. The number of rotatable bonds is 8. The van der Waals surface area contributed by atoms with E-state index < -0.39 is 0 Å². The zero-order valence-electron chi connectivity index (χ0n) is 12.4. The molecule has 0 aliphatic heterocycles. The lowest BCUT2D eigenvalue weighted by atomic mass is 10.1. The predicted molar refractivity (Wildman–Crippen MR) is 81.6 cm³/mol. The molecule has 0 unspecified atom stereocenters. The van der Waals surface area contributed by atoms with E-state index in [0.717, 1.165) is 18.7 Å². The summed E-state index contributed by atoms with van der Waals surface area (Å²) in [5.74, 6) is 0.132. The van der Waals surface area contributed by atoms with Crippen LogP contribution in [-0.4, -0.2) is 19.0 Å². The predicted octanol–water partition coefficient (Wildman–Crippen LogP) is 3.41. The van der Waals surface area contributed by atoms with Crippen LogP contribution in [-0.2, 0) is 4.79 Å². The Morgan fingerprint density at radius 1 is 1.05 bits per heavy atom. The zero-order chi connectivity index (χ0) is 14.1. The van der Waals surface area contributed by atoms with Gasteiger partial charge in [0, 0.05) is 25.2 Å². The molecule has 0 radical (unpaired) electrons. The number of anilines is 1. The van der Waals surface area contributed by atoms with Crippen molar-refractivity contribution in [3.63, 3.8) is 0 Å². The Hall–Kier alpha value is -1.51. The SMILES string of the molecule is CCCCCNC(=O)CCNc1cc(C)cc(C)c1. The highest BCUT2D eigenvalue weighted by Crippen LogP contribution is 2.13. The van der Waals surface area contributed by atoms with Crippen LogP contribution < -0.4 is 10.6 Å². The van der Waals surface area contributed by atoms with Gasteiger partial charge in [0.05, 0.1) is 0 Å². The number of unbranched alkanes of at least 4 members (excludes halogenated alkanes) is 2. The number of benzene rings is 1. The van der Waals surface area contributed by atoms with Gasteiger partial charge in [0.2, 0.25) is 5.91 Å². The van der Waals surface area contributed by atoms with Crippen molar-refractivity contribution in [3.8, 4) is 0 Å². The molecule has 0 saturated heterocycles. The maximum Gasteiger partial charge on any atom is 0.221 e. The Morgan fingerprint density at radius 3 is 2.37 bits per heavy atom. The molecule has 19 heavy (non-hydrogen) atoms. The minimum absolute atomic E-state index is 0.132. The van der Waals surface area contributed by atoms with E-state index in [1.54, 1.807) is 0 Å². The minimum Gasteiger partial charge on any atom is -0.385 e. The van der Waals surface area contributed by atoms with Crippen LogP contribution in [0.15, 0.2) is 18.2 Å². The van der Waals surface area contributed by atoms with E-state index in [2.05, 4.69) is 49.6 Å². The standard InChI is InChI=1S/C16H26N2O/c1-4-5-6-8-18-16(19)7-9-17-15-11-13(2)10-14(3)12-15/h10-12,17H,4-9H2,1-3H3,(H,18,19). The molecule has 0 aliphatic rings. The van der Waals surface area contributed by atoms with Gasteiger partial charge < -0.3 is 10.6 Å². The van der Waals surface area contributed by atoms with Gasteiger partial charge in [-0.1, -0.05) is 25.8 Å². The molecule has 0 saturated carbocycles. The van der Waals surface area contributed by atoms with Crippen molar-refractivity contribution in [2.24, 2.45) is 0 Å². The average Bonchev–Trinajstić information content (AvgIpc) is 2.33. The maximum atomic E-state index is 11.6. The summed E-state index contributed by atoms with van der Waals surface area (Å²) in [6, 6.07) is 6.35. The Kier molecular flexibility index (Phi) is 7.01. The molecular weight excluding hydrogens is 236 g/mol. The van der Waals surface area contributed by atoms with Crippen LogP contribution in [0.2, 0.25) is 0 Å². The van der Waals surface area contributed by atoms with Gasteiger partial charge in [0.1, 0.15) is 0 Å². The van der Waals surface area contributed by atoms with Crippen molar-refractivity contribution >= 4 is 11.6 Å². The second-order valence-electron chi connectivity index (χ2n) is 5.11. The number of hydrogen-bond donors (Lipinski definition) is 2. The van der Waals surface area contributed by atoms with E-state index in [9.17, 15) is 4.79 Å². The highest BCUT2D eigenvalue weighted by molar-refractivity contribution is 5.76. The lowest BCUT2D eigenvalue weighted by Crippen LogP contribution is -2.26. The van der Waals surface area contributed by atoms with Gasteiger partial charge in [-0.3, -0.25) is 4.79 Å². The molecule has 1 amide bonds. The number of carbonyl (C=O) groups is 1. The fourth-order valence-corrected chi connectivity index (χ4v) is 2.09. The molecule has 3 nitrogen and oxygen atoms in total. The van der Waals surface area contributed by atoms with Crippen LogP contribution in [0.1, 0.15) is 43.7 Å². The lowest BCUT2D eigenvalue weighted by molar-refractivity contribution is -0.120. The fourth-order valence-electron chi connectivity index (χ4n) is 2.09. The number of nitrogens with one attached hydrogen (secondary N) is 2. The fraction of sp³-hybridized carbons (Fsp3) is 0.562. The third-order valence-corrected chi connectivity index (χ3v) is 3.01. The first-order chi connectivity index (χ1) is 9.11. The van der Waals surface area contributed by atoms with Crippen LogP contribution in [0.4, 0.5) is 5.69 Å². The van der Waals surface area contributed by atoms with Gasteiger partial charge in [-0.05, 0) is 43.5 Å². The summed E-state index contributed by atoms with van der Waals surface area (Å²) in [6.07, 6.45) is 3.97. The molecule has 0 fully saturated rings. The van der Waals surface area contributed by atoms with Crippen molar-refractivity contribution in [2.75, 3.05) is 18.4 Å². The highest BCUT2D eigenvalue weighted by Gasteiger charge is 2.01. The summed E-state index contributed by atoms with van der Waals surface area (Å²) in [5.41, 5.74) is 3.58. The van der Waals surface area contributed by atoms with Gasteiger partial charge in [-0.25, -0.2) is 0 Å². The Bertz CT molecular complexity index is 381. The molecule has 1 aromatic carbocycles. The quantitative estimate of drug-likeness (QED) is 0.705. The third-order valence-electron chi connectivity index (χ3n) is 3.01. The van der Waals surface area contributed by atoms with E-state index >= 15 is 0 Å². The average molecular weight is 262 g/mol. The zero-order valence-corrected chi connectivity index (χ0v) is 12.4. The van der Waals surface area contributed by atoms with Crippen LogP contribution in [0.25, 0.3) is 0 Å². The molecule has 1 rings (SSSR count). The molecule has 0 aliphatic carbocycles. The largest absolute Gasteiger partial charge is 0.385 e. The topological polar surface area (TPSA) is 41.1 Å². The number of amides is 1. The van der Waals surface area contributed by atoms with Crippen molar-refractivity contribution < 1.29 is 4.79 Å². The first-order valence-electron chi connectivity index (χ1n) is 7.20. The third kappa shape index (κ3) is 6.85. The van der Waals surface area contributed by atoms with Crippen molar-refractivity contribution in [2.45, 2.75) is 46.5 Å². The Morgan fingerprint density at radius 2 is 1.74 bits per heavy atom. The summed E-state index contributed by atoms with van der Waals surface area (Å²) < 4.78 is 0. The minimum atomic E-state index is 0.132. The molecule has 3 heteroatoms. The summed E-state index contributed by atoms with van der Waals surface area (Å²) in [4.78, 5) is 11.6. The normalized spacial score (nSPS) is 10.3. The second kappa shape index (κ2) is 8.57. The van der Waals surface area contributed by atoms with Crippen molar-refractivity contribution in [1.29, 1.82) is 0 Å². The van der Waals surface area contributed by atoms with Gasteiger partial charge in [0.25, 0.3) is 0 Å². The Labute approximate surface area is 116 Å². The molecule has 0 spiro atoms. The summed E-state index contributed by atoms with van der Waals surface area (Å²) in [7, 11) is 0. The summed E-state index contributed by atoms with van der Waals surface area (Å²) >= 11 is 0. The second-order valence-corrected chi connectivity index (χ2v) is 5.11. The van der Waals surface area contributed by atoms with E-state index in [0.29, 0.717) is 13.0 Å². The van der Waals surface area contributed by atoms with E-state index in [1.807, 2.05) is 0 Å².